The van der Waals surface area contributed by atoms with Crippen molar-refractivity contribution in [3.05, 3.63) is 84.3 Å². The molecule has 0 spiro atoms. The van der Waals surface area contributed by atoms with Crippen LogP contribution in [0.5, 0.6) is 0 Å². The number of nitrogens with zero attached hydrogens (tertiary/aromatic N) is 2. The number of anilines is 1. The van der Waals surface area contributed by atoms with Crippen molar-refractivity contribution in [1.82, 2.24) is 9.97 Å². The van der Waals surface area contributed by atoms with Gasteiger partial charge in [-0.25, -0.2) is 4.98 Å². The lowest BCUT2D eigenvalue weighted by Gasteiger charge is -2.04. The molecule has 132 valence electrons. The Bertz CT molecular complexity index is 1070. The van der Waals surface area contributed by atoms with Crippen LogP contribution in [0.2, 0.25) is 0 Å². The Kier molecular flexibility index (Phi) is 4.89. The first-order valence-corrected chi connectivity index (χ1v) is 9.16. The number of nitrogens with one attached hydrogen (secondary N) is 1. The third kappa shape index (κ3) is 4.19. The molecule has 3 heterocycles. The molecule has 0 aliphatic heterocycles. The molecule has 4 aromatic rings. The molecule has 5 nitrogen and oxygen atoms in total. The summed E-state index contributed by atoms with van der Waals surface area (Å²) in [5, 5.41) is 5.70. The molecule has 4 rings (SSSR count). The molecule has 1 aromatic carbocycles. The van der Waals surface area contributed by atoms with Crippen LogP contribution in [0.4, 0.5) is 5.69 Å². The molecule has 0 fully saturated rings. The lowest BCUT2D eigenvalue weighted by Crippen LogP contribution is -2.07. The normalized spacial score (nSPS) is 11.0. The molecule has 0 aliphatic carbocycles. The minimum absolute atomic E-state index is 0.226. The number of hydrogen-bond acceptors (Lipinski definition) is 5. The van der Waals surface area contributed by atoms with Crippen LogP contribution in [0.1, 0.15) is 5.76 Å². The first kappa shape index (κ1) is 16.9. The summed E-state index contributed by atoms with van der Waals surface area (Å²) in [6.45, 7) is 0. The van der Waals surface area contributed by atoms with Crippen molar-refractivity contribution in [3.8, 4) is 22.0 Å². The smallest absolute Gasteiger partial charge is 0.248 e. The van der Waals surface area contributed by atoms with Crippen molar-refractivity contribution >= 4 is 29.0 Å². The number of furan rings is 1. The molecule has 0 aliphatic rings. The average Bonchev–Trinajstić information content (AvgIpc) is 3.39. The quantitative estimate of drug-likeness (QED) is 0.493. The van der Waals surface area contributed by atoms with E-state index in [-0.39, 0.29) is 5.91 Å². The van der Waals surface area contributed by atoms with Gasteiger partial charge in [-0.1, -0.05) is 18.2 Å². The van der Waals surface area contributed by atoms with Gasteiger partial charge in [0.2, 0.25) is 5.91 Å². The molecule has 0 saturated heterocycles. The van der Waals surface area contributed by atoms with Crippen LogP contribution in [0.3, 0.4) is 0 Å². The van der Waals surface area contributed by atoms with E-state index in [0.717, 1.165) is 22.0 Å². The van der Waals surface area contributed by atoms with Crippen LogP contribution in [0, 0.1) is 0 Å². The molecule has 0 saturated carbocycles. The first-order chi connectivity index (χ1) is 13.3. The molecule has 0 bridgehead atoms. The fourth-order valence-electron chi connectivity index (χ4n) is 2.50. The second-order valence-corrected chi connectivity index (χ2v) is 6.53. The fourth-order valence-corrected chi connectivity index (χ4v) is 3.30. The number of benzene rings is 1. The van der Waals surface area contributed by atoms with Crippen molar-refractivity contribution < 1.29 is 9.21 Å². The third-order valence-electron chi connectivity index (χ3n) is 3.76. The van der Waals surface area contributed by atoms with E-state index in [2.05, 4.69) is 15.3 Å². The molecule has 1 N–H and O–H groups in total. The Morgan fingerprint density at radius 3 is 2.85 bits per heavy atom. The zero-order valence-electron chi connectivity index (χ0n) is 14.2. The van der Waals surface area contributed by atoms with Gasteiger partial charge in [0, 0.05) is 28.9 Å². The van der Waals surface area contributed by atoms with Crippen LogP contribution in [0.15, 0.2) is 82.9 Å². The number of amides is 1. The summed E-state index contributed by atoms with van der Waals surface area (Å²) in [6.07, 6.45) is 6.38. The Balaban J connectivity index is 1.49. The minimum Gasteiger partial charge on any atom is -0.465 e. The maximum atomic E-state index is 12.1. The summed E-state index contributed by atoms with van der Waals surface area (Å²) < 4.78 is 5.17. The predicted molar refractivity (Wildman–Crippen MR) is 107 cm³/mol. The summed E-state index contributed by atoms with van der Waals surface area (Å²) in [5.74, 6) is 0.402. The predicted octanol–water partition coefficient (Wildman–Crippen LogP) is 5.12. The Labute approximate surface area is 160 Å². The zero-order chi connectivity index (χ0) is 18.5. The Morgan fingerprint density at radius 1 is 1.07 bits per heavy atom. The lowest BCUT2D eigenvalue weighted by molar-refractivity contribution is -0.111. The van der Waals surface area contributed by atoms with Gasteiger partial charge in [-0.2, -0.15) is 0 Å². The van der Waals surface area contributed by atoms with E-state index in [4.69, 9.17) is 4.42 Å². The molecular formula is C21H15N3O2S. The third-order valence-corrected chi connectivity index (χ3v) is 4.62. The van der Waals surface area contributed by atoms with E-state index in [1.54, 1.807) is 42.0 Å². The molecule has 6 heteroatoms. The van der Waals surface area contributed by atoms with Crippen molar-refractivity contribution in [1.29, 1.82) is 0 Å². The number of hydrogen-bond donors (Lipinski definition) is 1. The largest absolute Gasteiger partial charge is 0.465 e. The SMILES string of the molecule is O=C(/C=C/c1ccco1)Nc1cccc(-c2csc(-c3ccccn3)n2)c1. The van der Waals surface area contributed by atoms with Gasteiger partial charge in [0.05, 0.1) is 17.7 Å². The molecule has 3 aromatic heterocycles. The van der Waals surface area contributed by atoms with Gasteiger partial charge < -0.3 is 9.73 Å². The lowest BCUT2D eigenvalue weighted by atomic mass is 10.1. The van der Waals surface area contributed by atoms with Gasteiger partial charge in [0.25, 0.3) is 0 Å². The van der Waals surface area contributed by atoms with Crippen LogP contribution >= 0.6 is 11.3 Å². The maximum Gasteiger partial charge on any atom is 0.248 e. The van der Waals surface area contributed by atoms with Gasteiger partial charge in [-0.3, -0.25) is 9.78 Å². The number of thiazole rings is 1. The molecule has 1 amide bonds. The number of aromatic nitrogens is 2. The Hall–Kier alpha value is -3.51. The van der Waals surface area contributed by atoms with E-state index < -0.39 is 0 Å². The highest BCUT2D eigenvalue weighted by molar-refractivity contribution is 7.13. The van der Waals surface area contributed by atoms with E-state index >= 15 is 0 Å². The van der Waals surface area contributed by atoms with Crippen molar-refractivity contribution in [2.45, 2.75) is 0 Å². The zero-order valence-corrected chi connectivity index (χ0v) is 15.0. The molecule has 27 heavy (non-hydrogen) atoms. The van der Waals surface area contributed by atoms with Gasteiger partial charge in [-0.15, -0.1) is 11.3 Å². The molecular weight excluding hydrogens is 358 g/mol. The number of rotatable bonds is 5. The standard InChI is InChI=1S/C21H15N3O2S/c25-20(10-9-17-7-4-12-26-17)23-16-6-3-5-15(13-16)19-14-27-21(24-19)18-8-1-2-11-22-18/h1-14H,(H,23,25)/b10-9+. The van der Waals surface area contributed by atoms with E-state index in [9.17, 15) is 4.79 Å². The summed E-state index contributed by atoms with van der Waals surface area (Å²) in [6, 6.07) is 16.9. The average molecular weight is 373 g/mol. The second kappa shape index (κ2) is 7.80. The van der Waals surface area contributed by atoms with E-state index in [1.807, 2.05) is 47.8 Å². The monoisotopic (exact) mass is 373 g/mol. The van der Waals surface area contributed by atoms with E-state index in [0.29, 0.717) is 11.4 Å². The Morgan fingerprint density at radius 2 is 2.04 bits per heavy atom. The topological polar surface area (TPSA) is 68.0 Å². The number of pyridine rings is 1. The van der Waals surface area contributed by atoms with Crippen LogP contribution in [-0.2, 0) is 4.79 Å². The van der Waals surface area contributed by atoms with Gasteiger partial charge >= 0.3 is 0 Å². The van der Waals surface area contributed by atoms with Crippen LogP contribution < -0.4 is 5.32 Å². The minimum atomic E-state index is -0.226. The number of carbonyl (C=O) groups excluding carboxylic acids is 1. The highest BCUT2D eigenvalue weighted by atomic mass is 32.1. The van der Waals surface area contributed by atoms with Gasteiger partial charge in [0.1, 0.15) is 10.8 Å². The summed E-state index contributed by atoms with van der Waals surface area (Å²) >= 11 is 1.54. The maximum absolute atomic E-state index is 12.1. The van der Waals surface area contributed by atoms with Crippen molar-refractivity contribution in [2.24, 2.45) is 0 Å². The summed E-state index contributed by atoms with van der Waals surface area (Å²) in [5.41, 5.74) is 3.33. The molecule has 0 unspecified atom stereocenters. The fraction of sp³-hybridized carbons (Fsp3) is 0. The summed E-state index contributed by atoms with van der Waals surface area (Å²) in [7, 11) is 0. The molecule has 0 radical (unpaired) electrons. The van der Waals surface area contributed by atoms with E-state index in [1.165, 1.54) is 6.08 Å². The highest BCUT2D eigenvalue weighted by Crippen LogP contribution is 2.28. The highest BCUT2D eigenvalue weighted by Gasteiger charge is 2.08. The van der Waals surface area contributed by atoms with Crippen molar-refractivity contribution in [3.63, 3.8) is 0 Å². The van der Waals surface area contributed by atoms with Crippen molar-refractivity contribution in [2.75, 3.05) is 5.32 Å². The van der Waals surface area contributed by atoms with Gasteiger partial charge in [-0.05, 0) is 42.5 Å². The summed E-state index contributed by atoms with van der Waals surface area (Å²) in [4.78, 5) is 21.1. The molecule has 0 atom stereocenters. The van der Waals surface area contributed by atoms with Gasteiger partial charge in [0.15, 0.2) is 0 Å². The number of carbonyl (C=O) groups is 1. The second-order valence-electron chi connectivity index (χ2n) is 5.67. The van der Waals surface area contributed by atoms with Crippen LogP contribution in [0.25, 0.3) is 28.0 Å². The van der Waals surface area contributed by atoms with Crippen LogP contribution in [-0.4, -0.2) is 15.9 Å². The first-order valence-electron chi connectivity index (χ1n) is 8.28.